The Labute approximate surface area is 124 Å². The maximum Gasteiger partial charge on any atom is 0.314 e. The second kappa shape index (κ2) is 6.89. The van der Waals surface area contributed by atoms with Crippen molar-refractivity contribution >= 4 is 6.03 Å². The number of urea groups is 1. The van der Waals surface area contributed by atoms with E-state index in [-0.39, 0.29) is 23.4 Å². The summed E-state index contributed by atoms with van der Waals surface area (Å²) in [6.07, 6.45) is 2.80. The molecule has 1 unspecified atom stereocenters. The van der Waals surface area contributed by atoms with Gasteiger partial charge in [0.2, 0.25) is 0 Å². The predicted octanol–water partition coefficient (Wildman–Crippen LogP) is 2.32. The summed E-state index contributed by atoms with van der Waals surface area (Å²) < 4.78 is 13.3. The van der Waals surface area contributed by atoms with Gasteiger partial charge >= 0.3 is 6.03 Å². The first-order valence-corrected chi connectivity index (χ1v) is 7.51. The van der Waals surface area contributed by atoms with Crippen molar-refractivity contribution in [3.63, 3.8) is 0 Å². The summed E-state index contributed by atoms with van der Waals surface area (Å²) in [7, 11) is 0. The molecule has 0 radical (unpaired) electrons. The molecule has 0 spiro atoms. The molecule has 1 saturated carbocycles. The van der Waals surface area contributed by atoms with Gasteiger partial charge in [0.1, 0.15) is 5.82 Å². The van der Waals surface area contributed by atoms with Gasteiger partial charge in [-0.15, -0.1) is 0 Å². The summed E-state index contributed by atoms with van der Waals surface area (Å²) in [5.41, 5.74) is 0.840. The highest BCUT2D eigenvalue weighted by Gasteiger charge is 2.44. The monoisotopic (exact) mass is 294 g/mol. The fourth-order valence-electron chi connectivity index (χ4n) is 2.41. The summed E-state index contributed by atoms with van der Waals surface area (Å²) in [4.78, 5) is 11.7. The second-order valence-corrected chi connectivity index (χ2v) is 5.75. The largest absolute Gasteiger partial charge is 0.393 e. The Bertz CT molecular complexity index is 489. The van der Waals surface area contributed by atoms with E-state index < -0.39 is 0 Å². The van der Waals surface area contributed by atoms with E-state index in [1.807, 2.05) is 13.0 Å². The van der Waals surface area contributed by atoms with E-state index in [0.29, 0.717) is 25.9 Å². The number of hydrogen-bond donors (Lipinski definition) is 3. The smallest absolute Gasteiger partial charge is 0.314 e. The summed E-state index contributed by atoms with van der Waals surface area (Å²) in [5.74, 6) is -0.239. The minimum atomic E-state index is -0.368. The van der Waals surface area contributed by atoms with E-state index in [0.717, 1.165) is 18.4 Å². The van der Waals surface area contributed by atoms with Crippen LogP contribution in [0.5, 0.6) is 0 Å². The Morgan fingerprint density at radius 3 is 2.81 bits per heavy atom. The van der Waals surface area contributed by atoms with Crippen LogP contribution in [-0.4, -0.2) is 30.3 Å². The molecule has 0 saturated heterocycles. The molecule has 0 aliphatic heterocycles. The third kappa shape index (κ3) is 4.43. The lowest BCUT2D eigenvalue weighted by Gasteiger charge is -2.17. The van der Waals surface area contributed by atoms with Gasteiger partial charge < -0.3 is 15.7 Å². The van der Waals surface area contributed by atoms with E-state index in [9.17, 15) is 14.3 Å². The lowest BCUT2D eigenvalue weighted by Crippen LogP contribution is -2.40. The highest BCUT2D eigenvalue weighted by atomic mass is 19.1. The summed E-state index contributed by atoms with van der Waals surface area (Å²) >= 11 is 0. The van der Waals surface area contributed by atoms with Gasteiger partial charge in [-0.1, -0.05) is 19.1 Å². The van der Waals surface area contributed by atoms with Gasteiger partial charge in [0, 0.05) is 18.5 Å². The van der Waals surface area contributed by atoms with Gasteiger partial charge in [-0.05, 0) is 43.4 Å². The number of halogens is 1. The number of rotatable bonds is 7. The van der Waals surface area contributed by atoms with Crippen LogP contribution in [0, 0.1) is 5.82 Å². The average molecular weight is 294 g/mol. The Balaban J connectivity index is 1.76. The molecule has 1 fully saturated rings. The van der Waals surface area contributed by atoms with E-state index in [1.54, 1.807) is 12.1 Å². The Kier molecular flexibility index (Phi) is 5.17. The molecule has 0 heterocycles. The molecule has 0 aromatic heterocycles. The van der Waals surface area contributed by atoms with Crippen molar-refractivity contribution < 1.29 is 14.3 Å². The Hall–Kier alpha value is -1.62. The van der Waals surface area contributed by atoms with Crippen molar-refractivity contribution in [2.45, 2.75) is 44.1 Å². The molecule has 116 valence electrons. The normalized spacial score (nSPS) is 17.1. The van der Waals surface area contributed by atoms with Gasteiger partial charge in [0.05, 0.1) is 6.10 Å². The minimum Gasteiger partial charge on any atom is -0.393 e. The number of hydrogen-bond acceptors (Lipinski definition) is 2. The van der Waals surface area contributed by atoms with Gasteiger partial charge in [0.15, 0.2) is 0 Å². The number of carbonyl (C=O) groups is 1. The van der Waals surface area contributed by atoms with E-state index in [4.69, 9.17) is 0 Å². The molecule has 2 amide bonds. The number of aliphatic hydroxyl groups is 1. The molecule has 3 N–H and O–H groups in total. The van der Waals surface area contributed by atoms with Crippen LogP contribution in [-0.2, 0) is 5.41 Å². The molecule has 1 aromatic carbocycles. The first kappa shape index (κ1) is 15.8. The average Bonchev–Trinajstić information content (AvgIpc) is 3.26. The SMILES string of the molecule is CCC(O)CCNC(=O)NCC1(c2cccc(F)c2)CC1. The predicted molar refractivity (Wildman–Crippen MR) is 79.6 cm³/mol. The van der Waals surface area contributed by atoms with Gasteiger partial charge in [-0.2, -0.15) is 0 Å². The number of carbonyl (C=O) groups excluding carboxylic acids is 1. The third-order valence-electron chi connectivity index (χ3n) is 4.11. The first-order valence-electron chi connectivity index (χ1n) is 7.51. The molecule has 2 rings (SSSR count). The van der Waals surface area contributed by atoms with Gasteiger partial charge in [-0.3, -0.25) is 0 Å². The zero-order chi connectivity index (χ0) is 15.3. The molecule has 1 aliphatic carbocycles. The van der Waals surface area contributed by atoms with Crippen molar-refractivity contribution in [3.05, 3.63) is 35.6 Å². The van der Waals surface area contributed by atoms with Crippen LogP contribution in [0.15, 0.2) is 24.3 Å². The zero-order valence-corrected chi connectivity index (χ0v) is 12.4. The Morgan fingerprint density at radius 2 is 2.19 bits per heavy atom. The van der Waals surface area contributed by atoms with Crippen LogP contribution in [0.3, 0.4) is 0 Å². The molecule has 21 heavy (non-hydrogen) atoms. The van der Waals surface area contributed by atoms with Gasteiger partial charge in [0.25, 0.3) is 0 Å². The fraction of sp³-hybridized carbons (Fsp3) is 0.562. The number of benzene rings is 1. The molecule has 0 bridgehead atoms. The molecule has 4 nitrogen and oxygen atoms in total. The highest BCUT2D eigenvalue weighted by Crippen LogP contribution is 2.47. The van der Waals surface area contributed by atoms with Crippen LogP contribution in [0.4, 0.5) is 9.18 Å². The number of aliphatic hydroxyl groups excluding tert-OH is 1. The van der Waals surface area contributed by atoms with E-state index in [1.165, 1.54) is 6.07 Å². The van der Waals surface area contributed by atoms with Crippen LogP contribution in [0.25, 0.3) is 0 Å². The van der Waals surface area contributed by atoms with Crippen molar-refractivity contribution in [2.75, 3.05) is 13.1 Å². The summed E-state index contributed by atoms with van der Waals surface area (Å²) in [6, 6.07) is 6.36. The van der Waals surface area contributed by atoms with E-state index >= 15 is 0 Å². The molecule has 1 aromatic rings. The van der Waals surface area contributed by atoms with Crippen molar-refractivity contribution in [3.8, 4) is 0 Å². The lowest BCUT2D eigenvalue weighted by molar-refractivity contribution is 0.160. The molecule has 5 heteroatoms. The van der Waals surface area contributed by atoms with Crippen LogP contribution in [0.1, 0.15) is 38.2 Å². The Morgan fingerprint density at radius 1 is 1.43 bits per heavy atom. The maximum atomic E-state index is 13.3. The first-order chi connectivity index (χ1) is 10.1. The van der Waals surface area contributed by atoms with Crippen molar-refractivity contribution in [2.24, 2.45) is 0 Å². The zero-order valence-electron chi connectivity index (χ0n) is 12.4. The lowest BCUT2D eigenvalue weighted by atomic mass is 9.96. The molecule has 1 atom stereocenters. The number of amides is 2. The van der Waals surface area contributed by atoms with Gasteiger partial charge in [-0.25, -0.2) is 9.18 Å². The van der Waals surface area contributed by atoms with Crippen molar-refractivity contribution in [1.29, 1.82) is 0 Å². The second-order valence-electron chi connectivity index (χ2n) is 5.75. The highest BCUT2D eigenvalue weighted by molar-refractivity contribution is 5.74. The topological polar surface area (TPSA) is 61.4 Å². The minimum absolute atomic E-state index is 0.109. The van der Waals surface area contributed by atoms with Crippen molar-refractivity contribution in [1.82, 2.24) is 10.6 Å². The fourth-order valence-corrected chi connectivity index (χ4v) is 2.41. The standard InChI is InChI=1S/C16H23FN2O2/c1-2-14(20)6-9-18-15(21)19-11-16(7-8-16)12-4-3-5-13(17)10-12/h3-5,10,14,20H,2,6-9,11H2,1H3,(H2,18,19,21). The maximum absolute atomic E-state index is 13.3. The number of nitrogens with one attached hydrogen (secondary N) is 2. The molecule has 1 aliphatic rings. The van der Waals surface area contributed by atoms with Crippen LogP contribution in [0.2, 0.25) is 0 Å². The van der Waals surface area contributed by atoms with Crippen LogP contribution >= 0.6 is 0 Å². The molecular weight excluding hydrogens is 271 g/mol. The summed E-state index contributed by atoms with van der Waals surface area (Å²) in [6.45, 7) is 2.87. The van der Waals surface area contributed by atoms with Crippen LogP contribution < -0.4 is 10.6 Å². The quantitative estimate of drug-likeness (QED) is 0.722. The summed E-state index contributed by atoms with van der Waals surface area (Å²) in [5, 5.41) is 15.0. The third-order valence-corrected chi connectivity index (χ3v) is 4.11. The van der Waals surface area contributed by atoms with E-state index in [2.05, 4.69) is 10.6 Å². The molecular formula is C16H23FN2O2.